The third-order valence-electron chi connectivity index (χ3n) is 5.84. The molecular formula is C16H23N3. The molecule has 0 spiro atoms. The van der Waals surface area contributed by atoms with Crippen molar-refractivity contribution in [3.63, 3.8) is 0 Å². The van der Waals surface area contributed by atoms with Gasteiger partial charge in [-0.2, -0.15) is 5.10 Å². The Morgan fingerprint density at radius 1 is 1.32 bits per heavy atom. The zero-order valence-electron chi connectivity index (χ0n) is 11.5. The lowest BCUT2D eigenvalue weighted by Gasteiger charge is -2.32. The van der Waals surface area contributed by atoms with Crippen LogP contribution in [0, 0.1) is 23.7 Å². The van der Waals surface area contributed by atoms with Crippen molar-refractivity contribution in [1.82, 2.24) is 15.1 Å². The maximum absolute atomic E-state index is 4.24. The molecule has 0 aliphatic heterocycles. The minimum atomic E-state index is 0.761. The normalized spacial score (nSPS) is 39.7. The molecule has 0 radical (unpaired) electrons. The molecule has 3 aliphatic carbocycles. The number of nitrogens with zero attached hydrogens (tertiary/aromatic N) is 2. The lowest BCUT2D eigenvalue weighted by atomic mass is 9.79. The van der Waals surface area contributed by atoms with E-state index in [1.54, 1.807) is 10.9 Å². The largest absolute Gasteiger partial charge is 0.310 e. The van der Waals surface area contributed by atoms with E-state index < -0.39 is 0 Å². The Labute approximate surface area is 115 Å². The zero-order valence-corrected chi connectivity index (χ0v) is 11.5. The van der Waals surface area contributed by atoms with Gasteiger partial charge in [0.2, 0.25) is 0 Å². The number of nitrogens with one attached hydrogen (secondary N) is 1. The van der Waals surface area contributed by atoms with Crippen LogP contribution in [0.1, 0.15) is 37.7 Å². The summed E-state index contributed by atoms with van der Waals surface area (Å²) in [5.41, 5.74) is 1.27. The second-order valence-corrected chi connectivity index (χ2v) is 6.65. The fourth-order valence-corrected chi connectivity index (χ4v) is 5.12. The Morgan fingerprint density at radius 2 is 2.21 bits per heavy atom. The van der Waals surface area contributed by atoms with Crippen LogP contribution in [-0.4, -0.2) is 15.8 Å². The molecule has 102 valence electrons. The van der Waals surface area contributed by atoms with Crippen LogP contribution in [0.15, 0.2) is 19.0 Å². The monoisotopic (exact) mass is 257 g/mol. The lowest BCUT2D eigenvalue weighted by Crippen LogP contribution is -2.38. The topological polar surface area (TPSA) is 29.9 Å². The van der Waals surface area contributed by atoms with Gasteiger partial charge in [-0.1, -0.05) is 13.0 Å². The molecule has 5 unspecified atom stereocenters. The van der Waals surface area contributed by atoms with Gasteiger partial charge in [0.05, 0.1) is 6.20 Å². The Hall–Kier alpha value is -1.09. The first-order valence-electron chi connectivity index (χ1n) is 7.74. The molecule has 3 fully saturated rings. The fourth-order valence-electron chi connectivity index (χ4n) is 5.12. The third kappa shape index (κ3) is 1.86. The van der Waals surface area contributed by atoms with Crippen molar-refractivity contribution in [2.75, 3.05) is 0 Å². The highest BCUT2D eigenvalue weighted by molar-refractivity contribution is 5.17. The van der Waals surface area contributed by atoms with Crippen LogP contribution in [0.5, 0.6) is 0 Å². The Bertz CT molecular complexity index is 478. The zero-order chi connectivity index (χ0) is 12.8. The number of fused-ring (bicyclic) bond motifs is 5. The summed E-state index contributed by atoms with van der Waals surface area (Å²) in [4.78, 5) is 0. The molecule has 1 aromatic rings. The van der Waals surface area contributed by atoms with Crippen molar-refractivity contribution in [1.29, 1.82) is 0 Å². The molecule has 1 aromatic heterocycles. The molecule has 1 heterocycles. The van der Waals surface area contributed by atoms with Crippen LogP contribution in [-0.2, 0) is 6.54 Å². The summed E-state index contributed by atoms with van der Waals surface area (Å²) >= 11 is 0. The first-order chi connectivity index (χ1) is 9.35. The van der Waals surface area contributed by atoms with E-state index in [1.807, 2.05) is 6.20 Å². The van der Waals surface area contributed by atoms with E-state index >= 15 is 0 Å². The summed E-state index contributed by atoms with van der Waals surface area (Å²) in [6.45, 7) is 4.69. The van der Waals surface area contributed by atoms with E-state index in [0.717, 1.165) is 36.3 Å². The molecule has 5 atom stereocenters. The van der Waals surface area contributed by atoms with Crippen LogP contribution < -0.4 is 5.32 Å². The molecule has 1 N–H and O–H groups in total. The van der Waals surface area contributed by atoms with Crippen LogP contribution in [0.4, 0.5) is 0 Å². The smallest absolute Gasteiger partial charge is 0.0538 e. The number of aromatic nitrogens is 2. The molecule has 0 amide bonds. The van der Waals surface area contributed by atoms with Crippen LogP contribution in [0.3, 0.4) is 0 Å². The molecule has 0 saturated heterocycles. The van der Waals surface area contributed by atoms with E-state index in [1.165, 1.54) is 37.7 Å². The molecule has 3 saturated carbocycles. The van der Waals surface area contributed by atoms with Gasteiger partial charge in [0, 0.05) is 30.5 Å². The van der Waals surface area contributed by atoms with Crippen LogP contribution in [0.25, 0.3) is 6.20 Å². The van der Waals surface area contributed by atoms with E-state index in [4.69, 9.17) is 0 Å². The molecule has 4 rings (SSSR count). The van der Waals surface area contributed by atoms with Gasteiger partial charge in [-0.05, 0) is 49.4 Å². The Balaban J connectivity index is 1.38. The highest BCUT2D eigenvalue weighted by Gasteiger charge is 2.53. The van der Waals surface area contributed by atoms with E-state index in [9.17, 15) is 0 Å². The molecule has 0 aromatic carbocycles. The van der Waals surface area contributed by atoms with Crippen LogP contribution >= 0.6 is 0 Å². The second-order valence-electron chi connectivity index (χ2n) is 6.65. The molecule has 2 bridgehead atoms. The number of hydrogen-bond donors (Lipinski definition) is 1. The fraction of sp³-hybridized carbons (Fsp3) is 0.688. The highest BCUT2D eigenvalue weighted by atomic mass is 15.2. The first kappa shape index (κ1) is 11.7. The van der Waals surface area contributed by atoms with Crippen molar-refractivity contribution in [3.05, 3.63) is 24.5 Å². The summed E-state index contributed by atoms with van der Waals surface area (Å²) in [7, 11) is 0. The maximum atomic E-state index is 4.24. The maximum Gasteiger partial charge on any atom is 0.0538 e. The van der Waals surface area contributed by atoms with Gasteiger partial charge in [0.15, 0.2) is 0 Å². The van der Waals surface area contributed by atoms with Crippen molar-refractivity contribution in [2.24, 2.45) is 23.7 Å². The average Bonchev–Trinajstić information content (AvgIpc) is 3.16. The standard InChI is InChI=1S/C16H23N3/c1-2-19-10-11(9-18-19)8-17-16-7-12-6-15(16)14-5-3-4-13(12)14/h2,9-10,12-17H,1,3-8H2. The van der Waals surface area contributed by atoms with Crippen molar-refractivity contribution < 1.29 is 0 Å². The summed E-state index contributed by atoms with van der Waals surface area (Å²) in [5, 5.41) is 8.03. The van der Waals surface area contributed by atoms with Gasteiger partial charge in [-0.3, -0.25) is 0 Å². The van der Waals surface area contributed by atoms with E-state index in [-0.39, 0.29) is 0 Å². The summed E-state index contributed by atoms with van der Waals surface area (Å²) in [5.74, 6) is 4.14. The SMILES string of the molecule is C=Cn1cc(CNC2CC3CC2C2CCCC32)cn1. The summed E-state index contributed by atoms with van der Waals surface area (Å²) in [6, 6.07) is 0.761. The van der Waals surface area contributed by atoms with Gasteiger partial charge in [-0.25, -0.2) is 4.68 Å². The Morgan fingerprint density at radius 3 is 3.05 bits per heavy atom. The third-order valence-corrected chi connectivity index (χ3v) is 5.84. The lowest BCUT2D eigenvalue weighted by molar-refractivity contribution is 0.208. The molecule has 19 heavy (non-hydrogen) atoms. The summed E-state index contributed by atoms with van der Waals surface area (Å²) in [6.07, 6.45) is 13.2. The van der Waals surface area contributed by atoms with Crippen LogP contribution in [0.2, 0.25) is 0 Å². The molecule has 3 heteroatoms. The van der Waals surface area contributed by atoms with Crippen molar-refractivity contribution in [2.45, 2.75) is 44.7 Å². The molecule has 3 nitrogen and oxygen atoms in total. The van der Waals surface area contributed by atoms with Gasteiger partial charge in [0.25, 0.3) is 0 Å². The van der Waals surface area contributed by atoms with Crippen molar-refractivity contribution >= 4 is 6.20 Å². The highest BCUT2D eigenvalue weighted by Crippen LogP contribution is 2.58. The van der Waals surface area contributed by atoms with Gasteiger partial charge in [0.1, 0.15) is 0 Å². The first-order valence-corrected chi connectivity index (χ1v) is 7.74. The van der Waals surface area contributed by atoms with E-state index in [2.05, 4.69) is 23.2 Å². The summed E-state index contributed by atoms with van der Waals surface area (Å²) < 4.78 is 1.78. The van der Waals surface area contributed by atoms with Crippen molar-refractivity contribution in [3.8, 4) is 0 Å². The minimum absolute atomic E-state index is 0.761. The minimum Gasteiger partial charge on any atom is -0.310 e. The van der Waals surface area contributed by atoms with Gasteiger partial charge < -0.3 is 5.32 Å². The quantitative estimate of drug-likeness (QED) is 0.899. The Kier molecular flexibility index (Phi) is 2.76. The van der Waals surface area contributed by atoms with Gasteiger partial charge >= 0.3 is 0 Å². The molecular weight excluding hydrogens is 234 g/mol. The second kappa shape index (κ2) is 4.48. The average molecular weight is 257 g/mol. The predicted octanol–water partition coefficient (Wildman–Crippen LogP) is 2.90. The predicted molar refractivity (Wildman–Crippen MR) is 76.3 cm³/mol. The number of hydrogen-bond acceptors (Lipinski definition) is 2. The van der Waals surface area contributed by atoms with E-state index in [0.29, 0.717) is 0 Å². The number of rotatable bonds is 4. The van der Waals surface area contributed by atoms with Gasteiger partial charge in [-0.15, -0.1) is 0 Å². The molecule has 3 aliphatic rings.